The SMILES string of the molecule is OC(c1cc(Cl)ccc1Cl)c1coc2ccccc12. The normalized spacial score (nSPS) is 12.8. The van der Waals surface area contributed by atoms with E-state index in [2.05, 4.69) is 0 Å². The second kappa shape index (κ2) is 4.89. The molecule has 4 heteroatoms. The van der Waals surface area contributed by atoms with E-state index in [1.54, 1.807) is 24.5 Å². The third-order valence-corrected chi connectivity index (χ3v) is 3.64. The van der Waals surface area contributed by atoms with Gasteiger partial charge in [0.05, 0.1) is 6.26 Å². The van der Waals surface area contributed by atoms with Gasteiger partial charge in [-0.05, 0) is 24.3 Å². The summed E-state index contributed by atoms with van der Waals surface area (Å²) in [5, 5.41) is 12.4. The molecule has 0 amide bonds. The molecule has 1 heterocycles. The van der Waals surface area contributed by atoms with Crippen LogP contribution in [0.1, 0.15) is 17.2 Å². The van der Waals surface area contributed by atoms with Crippen molar-refractivity contribution in [3.05, 3.63) is 69.9 Å². The van der Waals surface area contributed by atoms with E-state index in [9.17, 15) is 5.11 Å². The summed E-state index contributed by atoms with van der Waals surface area (Å²) in [6, 6.07) is 12.6. The van der Waals surface area contributed by atoms with Gasteiger partial charge < -0.3 is 9.52 Å². The third-order valence-electron chi connectivity index (χ3n) is 3.06. The number of aliphatic hydroxyl groups is 1. The number of benzene rings is 2. The smallest absolute Gasteiger partial charge is 0.134 e. The zero-order chi connectivity index (χ0) is 13.4. The van der Waals surface area contributed by atoms with Crippen molar-refractivity contribution in [2.45, 2.75) is 6.10 Å². The molecule has 0 fully saturated rings. The fourth-order valence-electron chi connectivity index (χ4n) is 2.10. The van der Waals surface area contributed by atoms with E-state index in [4.69, 9.17) is 27.6 Å². The summed E-state index contributed by atoms with van der Waals surface area (Å²) in [7, 11) is 0. The van der Waals surface area contributed by atoms with Crippen molar-refractivity contribution in [2.24, 2.45) is 0 Å². The highest BCUT2D eigenvalue weighted by Gasteiger charge is 2.19. The Morgan fingerprint density at radius 3 is 2.63 bits per heavy atom. The van der Waals surface area contributed by atoms with E-state index in [0.717, 1.165) is 11.0 Å². The lowest BCUT2D eigenvalue weighted by Gasteiger charge is -2.12. The van der Waals surface area contributed by atoms with Gasteiger partial charge in [0.15, 0.2) is 0 Å². The van der Waals surface area contributed by atoms with Gasteiger partial charge in [0.25, 0.3) is 0 Å². The molecule has 3 aromatic rings. The first kappa shape index (κ1) is 12.5. The zero-order valence-corrected chi connectivity index (χ0v) is 11.3. The van der Waals surface area contributed by atoms with Crippen LogP contribution in [0.2, 0.25) is 10.0 Å². The number of aliphatic hydroxyl groups excluding tert-OH is 1. The first-order valence-corrected chi connectivity index (χ1v) is 6.51. The third kappa shape index (κ3) is 2.23. The van der Waals surface area contributed by atoms with E-state index in [1.807, 2.05) is 24.3 Å². The van der Waals surface area contributed by atoms with Crippen LogP contribution < -0.4 is 0 Å². The van der Waals surface area contributed by atoms with Gasteiger partial charge in [-0.1, -0.05) is 41.4 Å². The molecule has 1 atom stereocenters. The predicted molar refractivity (Wildman–Crippen MR) is 76.7 cm³/mol. The van der Waals surface area contributed by atoms with Crippen molar-refractivity contribution >= 4 is 34.2 Å². The van der Waals surface area contributed by atoms with Crippen LogP contribution in [0.25, 0.3) is 11.0 Å². The minimum absolute atomic E-state index is 0.474. The van der Waals surface area contributed by atoms with Crippen LogP contribution in [0.15, 0.2) is 53.1 Å². The van der Waals surface area contributed by atoms with Crippen LogP contribution in [0.4, 0.5) is 0 Å². The fraction of sp³-hybridized carbons (Fsp3) is 0.0667. The molecule has 0 spiro atoms. The predicted octanol–water partition coefficient (Wildman–Crippen LogP) is 4.82. The van der Waals surface area contributed by atoms with E-state index in [0.29, 0.717) is 21.2 Å². The first-order chi connectivity index (χ1) is 9.16. The van der Waals surface area contributed by atoms with Crippen LogP contribution in [0, 0.1) is 0 Å². The van der Waals surface area contributed by atoms with E-state index in [-0.39, 0.29) is 0 Å². The van der Waals surface area contributed by atoms with Crippen molar-refractivity contribution in [3.8, 4) is 0 Å². The van der Waals surface area contributed by atoms with Crippen LogP contribution in [-0.2, 0) is 0 Å². The Morgan fingerprint density at radius 2 is 1.79 bits per heavy atom. The number of hydrogen-bond donors (Lipinski definition) is 1. The highest BCUT2D eigenvalue weighted by molar-refractivity contribution is 6.33. The lowest BCUT2D eigenvalue weighted by atomic mass is 10.0. The van der Waals surface area contributed by atoms with Gasteiger partial charge in [0, 0.05) is 26.6 Å². The lowest BCUT2D eigenvalue weighted by molar-refractivity contribution is 0.220. The van der Waals surface area contributed by atoms with E-state index < -0.39 is 6.10 Å². The molecule has 3 rings (SSSR count). The topological polar surface area (TPSA) is 33.4 Å². The highest BCUT2D eigenvalue weighted by atomic mass is 35.5. The molecule has 96 valence electrons. The van der Waals surface area contributed by atoms with Gasteiger partial charge in [-0.15, -0.1) is 0 Å². The molecule has 2 nitrogen and oxygen atoms in total. The summed E-state index contributed by atoms with van der Waals surface area (Å²) in [6.45, 7) is 0. The van der Waals surface area contributed by atoms with E-state index in [1.165, 1.54) is 0 Å². The van der Waals surface area contributed by atoms with Crippen molar-refractivity contribution in [1.29, 1.82) is 0 Å². The quantitative estimate of drug-likeness (QED) is 0.734. The van der Waals surface area contributed by atoms with Gasteiger partial charge in [0.1, 0.15) is 11.7 Å². The minimum atomic E-state index is -0.866. The molecule has 0 aliphatic carbocycles. The maximum Gasteiger partial charge on any atom is 0.134 e. The molecule has 0 aliphatic rings. The van der Waals surface area contributed by atoms with Crippen molar-refractivity contribution in [1.82, 2.24) is 0 Å². The van der Waals surface area contributed by atoms with Crippen molar-refractivity contribution in [2.75, 3.05) is 0 Å². The molecule has 0 saturated heterocycles. The summed E-state index contributed by atoms with van der Waals surface area (Å²) < 4.78 is 5.43. The van der Waals surface area contributed by atoms with Crippen molar-refractivity contribution in [3.63, 3.8) is 0 Å². The molecule has 2 aromatic carbocycles. The highest BCUT2D eigenvalue weighted by Crippen LogP contribution is 2.34. The number of furan rings is 1. The Morgan fingerprint density at radius 1 is 1.00 bits per heavy atom. The minimum Gasteiger partial charge on any atom is -0.464 e. The number of para-hydroxylation sites is 1. The second-order valence-corrected chi connectivity index (χ2v) is 5.10. The molecule has 0 aliphatic heterocycles. The summed E-state index contributed by atoms with van der Waals surface area (Å²) in [6.07, 6.45) is 0.682. The number of rotatable bonds is 2. The molecule has 0 saturated carbocycles. The average molecular weight is 293 g/mol. The molecule has 0 bridgehead atoms. The summed E-state index contributed by atoms with van der Waals surface area (Å²) in [5.74, 6) is 0. The Kier molecular flexibility index (Phi) is 3.23. The molecule has 1 aromatic heterocycles. The Hall–Kier alpha value is -1.48. The standard InChI is InChI=1S/C15H10Cl2O2/c16-9-5-6-13(17)11(7-9)15(18)12-8-19-14-4-2-1-3-10(12)14/h1-8,15,18H. The van der Waals surface area contributed by atoms with Crippen LogP contribution in [0.3, 0.4) is 0 Å². The Balaban J connectivity index is 2.13. The largest absolute Gasteiger partial charge is 0.464 e. The summed E-state index contributed by atoms with van der Waals surface area (Å²) >= 11 is 12.1. The molecule has 0 radical (unpaired) electrons. The van der Waals surface area contributed by atoms with Crippen LogP contribution in [0.5, 0.6) is 0 Å². The number of fused-ring (bicyclic) bond motifs is 1. The number of halogens is 2. The van der Waals surface area contributed by atoms with E-state index >= 15 is 0 Å². The average Bonchev–Trinajstić information content (AvgIpc) is 2.84. The fourth-order valence-corrected chi connectivity index (χ4v) is 2.50. The van der Waals surface area contributed by atoms with Gasteiger partial charge >= 0.3 is 0 Å². The Labute approximate surface area is 120 Å². The molecular weight excluding hydrogens is 283 g/mol. The van der Waals surface area contributed by atoms with Gasteiger partial charge in [-0.3, -0.25) is 0 Å². The van der Waals surface area contributed by atoms with Crippen LogP contribution in [-0.4, -0.2) is 5.11 Å². The maximum atomic E-state index is 10.5. The molecular formula is C15H10Cl2O2. The monoisotopic (exact) mass is 292 g/mol. The van der Waals surface area contributed by atoms with Gasteiger partial charge in [-0.25, -0.2) is 0 Å². The Bertz CT molecular complexity index is 734. The second-order valence-electron chi connectivity index (χ2n) is 4.26. The van der Waals surface area contributed by atoms with Crippen LogP contribution >= 0.6 is 23.2 Å². The van der Waals surface area contributed by atoms with Gasteiger partial charge in [0.2, 0.25) is 0 Å². The first-order valence-electron chi connectivity index (χ1n) is 5.76. The zero-order valence-electron chi connectivity index (χ0n) is 9.81. The summed E-state index contributed by atoms with van der Waals surface area (Å²) in [4.78, 5) is 0. The van der Waals surface area contributed by atoms with Crippen molar-refractivity contribution < 1.29 is 9.52 Å². The number of hydrogen-bond acceptors (Lipinski definition) is 2. The maximum absolute atomic E-state index is 10.5. The lowest BCUT2D eigenvalue weighted by Crippen LogP contribution is -1.99. The molecule has 19 heavy (non-hydrogen) atoms. The molecule has 1 unspecified atom stereocenters. The van der Waals surface area contributed by atoms with Gasteiger partial charge in [-0.2, -0.15) is 0 Å². The molecule has 1 N–H and O–H groups in total. The summed E-state index contributed by atoms with van der Waals surface area (Å²) in [5.41, 5.74) is 1.98.